The fourth-order valence-corrected chi connectivity index (χ4v) is 4.07. The van der Waals surface area contributed by atoms with Crippen molar-refractivity contribution in [3.63, 3.8) is 0 Å². The van der Waals surface area contributed by atoms with Gasteiger partial charge in [-0.3, -0.25) is 4.99 Å². The highest BCUT2D eigenvalue weighted by Crippen LogP contribution is 2.26. The largest absolute Gasteiger partial charge is 0.384 e. The van der Waals surface area contributed by atoms with Crippen LogP contribution in [0.1, 0.15) is 40.5 Å². The van der Waals surface area contributed by atoms with Crippen molar-refractivity contribution in [2.24, 2.45) is 10.9 Å². The van der Waals surface area contributed by atoms with Gasteiger partial charge in [-0.05, 0) is 63.6 Å². The highest BCUT2D eigenvalue weighted by molar-refractivity contribution is 6.35. The SMILES string of the molecule is C=N/C(C)=c1/cccc(NCC(C)CCN(CCC)c2cc(Cl)cc(Cl)c2)/c1=C/C.C=O. The van der Waals surface area contributed by atoms with Crippen LogP contribution in [0.3, 0.4) is 0 Å². The maximum absolute atomic E-state index is 8.00. The number of hydrogen-bond donors (Lipinski definition) is 1. The van der Waals surface area contributed by atoms with Gasteiger partial charge in [0.25, 0.3) is 0 Å². The molecule has 0 aliphatic heterocycles. The third kappa shape index (κ3) is 8.33. The summed E-state index contributed by atoms with van der Waals surface area (Å²) < 4.78 is 0. The second kappa shape index (κ2) is 14.7. The molecule has 0 bridgehead atoms. The zero-order valence-corrected chi connectivity index (χ0v) is 21.1. The molecule has 1 unspecified atom stereocenters. The molecule has 4 nitrogen and oxygen atoms in total. The van der Waals surface area contributed by atoms with Crippen molar-refractivity contribution in [1.82, 2.24) is 0 Å². The number of nitrogens with zero attached hydrogens (tertiary/aromatic N) is 2. The molecule has 0 aromatic heterocycles. The molecule has 0 aliphatic carbocycles. The summed E-state index contributed by atoms with van der Waals surface area (Å²) in [5.74, 6) is 0.509. The fraction of sp³-hybridized carbons (Fsp3) is 0.385. The van der Waals surface area contributed by atoms with E-state index in [1.807, 2.05) is 25.8 Å². The number of rotatable bonds is 10. The number of carbonyl (C=O) groups is 1. The Morgan fingerprint density at radius 1 is 1.19 bits per heavy atom. The Hall–Kier alpha value is -2.30. The minimum atomic E-state index is 0.509. The Morgan fingerprint density at radius 3 is 2.41 bits per heavy atom. The molecule has 1 atom stereocenters. The number of benzene rings is 2. The van der Waals surface area contributed by atoms with Gasteiger partial charge in [-0.15, -0.1) is 0 Å². The highest BCUT2D eigenvalue weighted by atomic mass is 35.5. The Labute approximate surface area is 202 Å². The van der Waals surface area contributed by atoms with Gasteiger partial charge in [0.05, 0.1) is 0 Å². The summed E-state index contributed by atoms with van der Waals surface area (Å²) in [6.07, 6.45) is 4.27. The van der Waals surface area contributed by atoms with Crippen molar-refractivity contribution >= 4 is 59.9 Å². The van der Waals surface area contributed by atoms with E-state index in [2.05, 4.69) is 67.0 Å². The van der Waals surface area contributed by atoms with Gasteiger partial charge in [-0.25, -0.2) is 0 Å². The second-order valence-electron chi connectivity index (χ2n) is 7.69. The molecule has 0 fully saturated rings. The average molecular weight is 476 g/mol. The molecule has 6 heteroatoms. The van der Waals surface area contributed by atoms with Gasteiger partial charge in [0.1, 0.15) is 6.79 Å². The van der Waals surface area contributed by atoms with Crippen molar-refractivity contribution < 1.29 is 4.79 Å². The van der Waals surface area contributed by atoms with E-state index in [9.17, 15) is 0 Å². The molecular weight excluding hydrogens is 441 g/mol. The molecule has 174 valence electrons. The average Bonchev–Trinajstić information content (AvgIpc) is 2.80. The van der Waals surface area contributed by atoms with Crippen molar-refractivity contribution in [3.05, 3.63) is 56.9 Å². The number of carbonyl (C=O) groups excluding carboxylic acids is 1. The van der Waals surface area contributed by atoms with E-state index < -0.39 is 0 Å². The maximum Gasteiger partial charge on any atom is 0.106 e. The lowest BCUT2D eigenvalue weighted by Gasteiger charge is -2.26. The van der Waals surface area contributed by atoms with E-state index >= 15 is 0 Å². The van der Waals surface area contributed by atoms with Crippen LogP contribution in [0.2, 0.25) is 10.0 Å². The summed E-state index contributed by atoms with van der Waals surface area (Å²) in [6.45, 7) is 17.0. The first-order valence-corrected chi connectivity index (χ1v) is 11.6. The molecule has 2 aromatic rings. The van der Waals surface area contributed by atoms with Crippen LogP contribution in [0.4, 0.5) is 11.4 Å². The first-order chi connectivity index (χ1) is 15.4. The Bertz CT molecular complexity index is 971. The smallest absolute Gasteiger partial charge is 0.106 e. The standard InChI is InChI=1S/C25H33Cl2N3.CH2O/c1-6-12-30(22-15-20(26)14-21(27)16-22)13-11-18(3)17-29-25-10-8-9-24(19(4)28-5)23(25)7-2;1-2/h7-10,14-16,18,29H,5-6,11-13,17H2,1-4H3;1H2/b23-7+,24-19-;. The topological polar surface area (TPSA) is 44.7 Å². The third-order valence-electron chi connectivity index (χ3n) is 5.26. The van der Waals surface area contributed by atoms with Crippen molar-refractivity contribution in [3.8, 4) is 0 Å². The van der Waals surface area contributed by atoms with Gasteiger partial charge in [-0.1, -0.05) is 55.3 Å². The quantitative estimate of drug-likeness (QED) is 0.442. The second-order valence-corrected chi connectivity index (χ2v) is 8.56. The van der Waals surface area contributed by atoms with Gasteiger partial charge in [0.15, 0.2) is 0 Å². The number of halogens is 2. The molecule has 1 N–H and O–H groups in total. The minimum absolute atomic E-state index is 0.509. The molecule has 0 radical (unpaired) electrons. The zero-order valence-electron chi connectivity index (χ0n) is 19.6. The van der Waals surface area contributed by atoms with Crippen LogP contribution in [0.25, 0.3) is 11.8 Å². The maximum atomic E-state index is 8.00. The van der Waals surface area contributed by atoms with E-state index in [0.29, 0.717) is 16.0 Å². The number of aliphatic imine (C=N–C) groups is 1. The lowest BCUT2D eigenvalue weighted by atomic mass is 10.1. The Kier molecular flexibility index (Phi) is 12.7. The highest BCUT2D eigenvalue weighted by Gasteiger charge is 2.11. The lowest BCUT2D eigenvalue weighted by Crippen LogP contribution is -2.31. The third-order valence-corrected chi connectivity index (χ3v) is 5.70. The van der Waals surface area contributed by atoms with Crippen LogP contribution in [-0.4, -0.2) is 33.1 Å². The van der Waals surface area contributed by atoms with Crippen molar-refractivity contribution in [1.29, 1.82) is 0 Å². The molecular formula is C26H35Cl2N3O. The summed E-state index contributed by atoms with van der Waals surface area (Å²) in [4.78, 5) is 14.5. The predicted octanol–water partition coefficient (Wildman–Crippen LogP) is 5.79. The normalized spacial score (nSPS) is 13.0. The Balaban J connectivity index is 0.00000249. The van der Waals surface area contributed by atoms with Gasteiger partial charge >= 0.3 is 0 Å². The monoisotopic (exact) mass is 475 g/mol. The molecule has 32 heavy (non-hydrogen) atoms. The summed E-state index contributed by atoms with van der Waals surface area (Å²) >= 11 is 12.4. The van der Waals surface area contributed by atoms with Gasteiger partial charge in [0, 0.05) is 57.2 Å². The molecule has 0 amide bonds. The van der Waals surface area contributed by atoms with E-state index in [4.69, 9.17) is 28.0 Å². The lowest BCUT2D eigenvalue weighted by molar-refractivity contribution is -0.0979. The fourth-order valence-electron chi connectivity index (χ4n) is 3.56. The molecule has 2 rings (SSSR count). The summed E-state index contributed by atoms with van der Waals surface area (Å²) in [7, 11) is 0. The summed E-state index contributed by atoms with van der Waals surface area (Å²) in [5, 5.41) is 7.29. The number of hydrogen-bond acceptors (Lipinski definition) is 4. The molecule has 0 saturated heterocycles. The van der Waals surface area contributed by atoms with Gasteiger partial charge in [-0.2, -0.15) is 0 Å². The van der Waals surface area contributed by atoms with Crippen LogP contribution >= 0.6 is 23.2 Å². The predicted molar refractivity (Wildman–Crippen MR) is 143 cm³/mol. The van der Waals surface area contributed by atoms with E-state index in [1.165, 1.54) is 5.22 Å². The zero-order chi connectivity index (χ0) is 24.1. The van der Waals surface area contributed by atoms with E-state index in [1.54, 1.807) is 6.07 Å². The minimum Gasteiger partial charge on any atom is -0.384 e. The van der Waals surface area contributed by atoms with Crippen molar-refractivity contribution in [2.45, 2.75) is 40.5 Å². The van der Waals surface area contributed by atoms with E-state index in [-0.39, 0.29) is 0 Å². The van der Waals surface area contributed by atoms with Crippen LogP contribution in [-0.2, 0) is 4.79 Å². The van der Waals surface area contributed by atoms with Crippen molar-refractivity contribution in [2.75, 3.05) is 29.9 Å². The first kappa shape index (κ1) is 27.7. The van der Waals surface area contributed by atoms with Gasteiger partial charge < -0.3 is 15.0 Å². The number of nitrogens with one attached hydrogen (secondary N) is 1. The van der Waals surface area contributed by atoms with E-state index in [0.717, 1.165) is 54.8 Å². The molecule has 0 saturated carbocycles. The summed E-state index contributed by atoms with van der Waals surface area (Å²) in [5.41, 5.74) is 3.17. The first-order valence-electron chi connectivity index (χ1n) is 10.9. The van der Waals surface area contributed by atoms with Crippen LogP contribution < -0.4 is 20.7 Å². The van der Waals surface area contributed by atoms with Crippen LogP contribution in [0, 0.1) is 5.92 Å². The Morgan fingerprint density at radius 2 is 1.84 bits per heavy atom. The molecule has 2 aromatic carbocycles. The van der Waals surface area contributed by atoms with Crippen LogP contribution in [0.15, 0.2) is 41.4 Å². The number of anilines is 2. The van der Waals surface area contributed by atoms with Crippen LogP contribution in [0.5, 0.6) is 0 Å². The van der Waals surface area contributed by atoms with Gasteiger partial charge in [0.2, 0.25) is 0 Å². The molecule has 0 spiro atoms. The molecule has 0 aliphatic rings. The summed E-state index contributed by atoms with van der Waals surface area (Å²) in [6, 6.07) is 12.0. The molecule has 0 heterocycles.